The highest BCUT2D eigenvalue weighted by molar-refractivity contribution is 5.91. The van der Waals surface area contributed by atoms with Gasteiger partial charge in [-0.05, 0) is 24.1 Å². The molecule has 7 rings (SSSR count). The van der Waals surface area contributed by atoms with Gasteiger partial charge in [-0.1, -0.05) is 6.92 Å². The van der Waals surface area contributed by atoms with Gasteiger partial charge < -0.3 is 28.6 Å². The van der Waals surface area contributed by atoms with E-state index < -0.39 is 11.6 Å². The van der Waals surface area contributed by atoms with Gasteiger partial charge in [-0.15, -0.1) is 0 Å². The molecule has 0 amide bonds. The maximum atomic E-state index is 13.6. The number of benzene rings is 1. The predicted molar refractivity (Wildman–Crippen MR) is 127 cm³/mol. The molecule has 0 radical (unpaired) electrons. The number of esters is 1. The van der Waals surface area contributed by atoms with Gasteiger partial charge in [-0.2, -0.15) is 0 Å². The summed E-state index contributed by atoms with van der Waals surface area (Å²) in [6.07, 6.45) is 0.103. The third kappa shape index (κ3) is 2.98. The van der Waals surface area contributed by atoms with E-state index in [9.17, 15) is 14.7 Å². The van der Waals surface area contributed by atoms with E-state index in [4.69, 9.17) is 23.9 Å². The molecule has 0 aliphatic carbocycles. The summed E-state index contributed by atoms with van der Waals surface area (Å²) >= 11 is 0. The van der Waals surface area contributed by atoms with Crippen LogP contribution < -0.4 is 15.0 Å². The van der Waals surface area contributed by atoms with E-state index in [2.05, 4.69) is 4.90 Å². The van der Waals surface area contributed by atoms with Crippen LogP contribution in [0.4, 0.5) is 0 Å². The molecule has 0 spiro atoms. The minimum atomic E-state index is -1.86. The molecule has 1 fully saturated rings. The number of hydrogen-bond acceptors (Lipinski definition) is 9. The van der Waals surface area contributed by atoms with Gasteiger partial charge in [0.15, 0.2) is 17.1 Å². The third-order valence-electron chi connectivity index (χ3n) is 7.79. The zero-order valence-corrected chi connectivity index (χ0v) is 19.8. The number of hydrogen-bond donors (Lipinski definition) is 1. The standard InChI is InChI=1S/C26H25N3O7/c1-2-26(32)18-8-20-23-16(11-29(20)24(30)17(18)12-34-25(26)31)15(10-28-3-5-33-6-4-28)14-7-21-22(36-13-35-21)9-19(14)27-23/h7-9,32H,2-6,10-13H2,1H3/t26-/m0/s1. The molecular formula is C26H25N3O7. The SMILES string of the molecule is CC[C@@]1(O)C(=O)OCc2c1cc1n(c2=O)Cc2c-1nc1cc3c(cc1c2CN1CCOCC1)OCO3. The number of carbonyl (C=O) groups is 1. The van der Waals surface area contributed by atoms with Gasteiger partial charge in [0.1, 0.15) is 6.61 Å². The van der Waals surface area contributed by atoms with E-state index in [-0.39, 0.29) is 25.4 Å². The first-order valence-corrected chi connectivity index (χ1v) is 12.2. The number of ether oxygens (including phenoxy) is 4. The summed E-state index contributed by atoms with van der Waals surface area (Å²) in [5.41, 5.74) is 2.56. The second kappa shape index (κ2) is 7.76. The normalized spacial score (nSPS) is 22.3. The minimum absolute atomic E-state index is 0.103. The fraction of sp³-hybridized carbons (Fsp3) is 0.423. The van der Waals surface area contributed by atoms with Crippen LogP contribution in [0.2, 0.25) is 0 Å². The molecule has 1 aromatic carbocycles. The molecule has 1 N–H and O–H groups in total. The van der Waals surface area contributed by atoms with E-state index in [1.54, 1.807) is 17.6 Å². The summed E-state index contributed by atoms with van der Waals surface area (Å²) in [6, 6.07) is 5.59. The molecule has 1 saturated heterocycles. The topological polar surface area (TPSA) is 112 Å². The summed E-state index contributed by atoms with van der Waals surface area (Å²) in [7, 11) is 0. The van der Waals surface area contributed by atoms with Crippen molar-refractivity contribution in [2.45, 2.75) is 38.6 Å². The van der Waals surface area contributed by atoms with Crippen LogP contribution in [0.25, 0.3) is 22.3 Å². The number of nitrogens with zero attached hydrogens (tertiary/aromatic N) is 3. The van der Waals surface area contributed by atoms with E-state index in [1.165, 1.54) is 0 Å². The highest BCUT2D eigenvalue weighted by Gasteiger charge is 2.45. The lowest BCUT2D eigenvalue weighted by Gasteiger charge is -2.31. The molecule has 1 atom stereocenters. The van der Waals surface area contributed by atoms with Crippen molar-refractivity contribution in [3.05, 3.63) is 50.8 Å². The minimum Gasteiger partial charge on any atom is -0.458 e. The Kier molecular flexibility index (Phi) is 4.70. The van der Waals surface area contributed by atoms with Gasteiger partial charge in [-0.3, -0.25) is 9.69 Å². The number of aromatic nitrogens is 2. The Morgan fingerprint density at radius 3 is 2.61 bits per heavy atom. The van der Waals surface area contributed by atoms with Crippen molar-refractivity contribution in [3.8, 4) is 22.9 Å². The van der Waals surface area contributed by atoms with Gasteiger partial charge in [0.25, 0.3) is 5.56 Å². The fourth-order valence-electron chi connectivity index (χ4n) is 5.72. The molecule has 36 heavy (non-hydrogen) atoms. The van der Waals surface area contributed by atoms with Crippen molar-refractivity contribution in [2.75, 3.05) is 33.1 Å². The Morgan fingerprint density at radius 1 is 1.06 bits per heavy atom. The van der Waals surface area contributed by atoms with Gasteiger partial charge >= 0.3 is 5.97 Å². The molecule has 4 aliphatic rings. The van der Waals surface area contributed by atoms with Crippen LogP contribution in [0.15, 0.2) is 23.0 Å². The van der Waals surface area contributed by atoms with Gasteiger partial charge in [0.05, 0.1) is 42.2 Å². The lowest BCUT2D eigenvalue weighted by atomic mass is 9.86. The second-order valence-electron chi connectivity index (χ2n) is 9.63. The second-order valence-corrected chi connectivity index (χ2v) is 9.63. The van der Waals surface area contributed by atoms with Crippen molar-refractivity contribution in [1.82, 2.24) is 14.5 Å². The Bertz CT molecular complexity index is 1510. The number of pyridine rings is 2. The average Bonchev–Trinajstić information content (AvgIpc) is 3.50. The van der Waals surface area contributed by atoms with E-state index >= 15 is 0 Å². The molecule has 10 nitrogen and oxygen atoms in total. The number of carbonyl (C=O) groups excluding carboxylic acids is 1. The summed E-state index contributed by atoms with van der Waals surface area (Å²) in [6.45, 7) is 5.72. The van der Waals surface area contributed by atoms with Crippen molar-refractivity contribution >= 4 is 16.9 Å². The van der Waals surface area contributed by atoms with E-state index in [1.807, 2.05) is 12.1 Å². The maximum Gasteiger partial charge on any atom is 0.343 e. The zero-order chi connectivity index (χ0) is 24.6. The van der Waals surface area contributed by atoms with Crippen molar-refractivity contribution in [2.24, 2.45) is 0 Å². The lowest BCUT2D eigenvalue weighted by Crippen LogP contribution is -2.44. The Hall–Kier alpha value is -3.47. The van der Waals surface area contributed by atoms with Crippen LogP contribution in [0.1, 0.15) is 35.6 Å². The largest absolute Gasteiger partial charge is 0.458 e. The van der Waals surface area contributed by atoms with Crippen LogP contribution in [0, 0.1) is 0 Å². The molecule has 0 bridgehead atoms. The van der Waals surface area contributed by atoms with Crippen molar-refractivity contribution in [3.63, 3.8) is 0 Å². The van der Waals surface area contributed by atoms with Gasteiger partial charge in [0, 0.05) is 42.2 Å². The molecule has 6 heterocycles. The summed E-state index contributed by atoms with van der Waals surface area (Å²) in [4.78, 5) is 33.4. The molecule has 186 valence electrons. The zero-order valence-electron chi connectivity index (χ0n) is 19.8. The lowest BCUT2D eigenvalue weighted by molar-refractivity contribution is -0.172. The Morgan fingerprint density at radius 2 is 1.83 bits per heavy atom. The summed E-state index contributed by atoms with van der Waals surface area (Å²) < 4.78 is 23.7. The van der Waals surface area contributed by atoms with Crippen LogP contribution in [0.5, 0.6) is 11.5 Å². The van der Waals surface area contributed by atoms with Crippen LogP contribution in [-0.4, -0.2) is 58.6 Å². The van der Waals surface area contributed by atoms with Crippen molar-refractivity contribution in [1.29, 1.82) is 0 Å². The highest BCUT2D eigenvalue weighted by atomic mass is 16.7. The number of morpholine rings is 1. The van der Waals surface area contributed by atoms with Crippen LogP contribution >= 0.6 is 0 Å². The summed E-state index contributed by atoms with van der Waals surface area (Å²) in [5, 5.41) is 12.1. The van der Waals surface area contributed by atoms with Crippen molar-refractivity contribution < 1.29 is 28.8 Å². The molecule has 4 aliphatic heterocycles. The number of aliphatic hydroxyl groups is 1. The molecule has 10 heteroatoms. The predicted octanol–water partition coefficient (Wildman–Crippen LogP) is 1.64. The first kappa shape index (κ1) is 21.8. The first-order valence-electron chi connectivity index (χ1n) is 12.2. The average molecular weight is 492 g/mol. The Labute approximate surface area is 206 Å². The van der Waals surface area contributed by atoms with Crippen LogP contribution in [0.3, 0.4) is 0 Å². The first-order chi connectivity index (χ1) is 17.5. The highest BCUT2D eigenvalue weighted by Crippen LogP contribution is 2.43. The smallest absolute Gasteiger partial charge is 0.343 e. The van der Waals surface area contributed by atoms with E-state index in [0.717, 1.165) is 35.1 Å². The molecular weight excluding hydrogens is 466 g/mol. The fourth-order valence-corrected chi connectivity index (χ4v) is 5.72. The quantitative estimate of drug-likeness (QED) is 0.428. The third-order valence-corrected chi connectivity index (χ3v) is 7.79. The number of fused-ring (bicyclic) bond motifs is 6. The molecule has 3 aromatic rings. The molecule has 2 aromatic heterocycles. The number of rotatable bonds is 3. The molecule has 0 unspecified atom stereocenters. The number of cyclic esters (lactones) is 1. The molecule has 0 saturated carbocycles. The maximum absolute atomic E-state index is 13.6. The van der Waals surface area contributed by atoms with E-state index in [0.29, 0.717) is 60.3 Å². The summed E-state index contributed by atoms with van der Waals surface area (Å²) in [5.74, 6) is 0.586. The Balaban J connectivity index is 1.46. The monoisotopic (exact) mass is 491 g/mol. The van der Waals surface area contributed by atoms with Crippen LogP contribution in [-0.2, 0) is 39.6 Å². The van der Waals surface area contributed by atoms with Gasteiger partial charge in [0.2, 0.25) is 6.79 Å². The van der Waals surface area contributed by atoms with Gasteiger partial charge in [-0.25, -0.2) is 9.78 Å².